The van der Waals surface area contributed by atoms with E-state index in [1.807, 2.05) is 24.8 Å². The summed E-state index contributed by atoms with van der Waals surface area (Å²) in [5.74, 6) is 2.32. The van der Waals surface area contributed by atoms with Gasteiger partial charge in [-0.15, -0.1) is 0 Å². The van der Waals surface area contributed by atoms with Crippen LogP contribution in [-0.4, -0.2) is 23.5 Å². The summed E-state index contributed by atoms with van der Waals surface area (Å²) in [6.45, 7) is 1.92. The Bertz CT molecular complexity index is 414. The van der Waals surface area contributed by atoms with Gasteiger partial charge in [0.1, 0.15) is 0 Å². The molecule has 1 aromatic carbocycles. The maximum atomic E-state index is 12.1. The van der Waals surface area contributed by atoms with Crippen LogP contribution in [0.4, 0.5) is 5.69 Å². The molecule has 4 heteroatoms. The highest BCUT2D eigenvalue weighted by atomic mass is 32.2. The van der Waals surface area contributed by atoms with E-state index in [1.54, 1.807) is 12.1 Å². The number of hydrogen-bond acceptors (Lipinski definition) is 3. The molecule has 2 rings (SSSR count). The molecule has 3 N–H and O–H groups in total. The molecule has 1 heterocycles. The predicted molar refractivity (Wildman–Crippen MR) is 73.4 cm³/mol. The topological polar surface area (TPSA) is 55.1 Å². The van der Waals surface area contributed by atoms with Crippen molar-refractivity contribution in [1.29, 1.82) is 0 Å². The zero-order valence-corrected chi connectivity index (χ0v) is 10.8. The molecule has 1 fully saturated rings. The van der Waals surface area contributed by atoms with Gasteiger partial charge < -0.3 is 11.1 Å². The van der Waals surface area contributed by atoms with Crippen LogP contribution < -0.4 is 11.1 Å². The van der Waals surface area contributed by atoms with Gasteiger partial charge in [0.15, 0.2) is 0 Å². The van der Waals surface area contributed by atoms with E-state index >= 15 is 0 Å². The zero-order valence-electron chi connectivity index (χ0n) is 10.0. The standard InChI is InChI=1S/C13H18N2OS/c1-9-8-10(14)2-3-12(9)13(16)15-11-4-6-17-7-5-11/h2-3,8,11H,4-7,14H2,1H3,(H,15,16). The molecule has 0 bridgehead atoms. The molecule has 1 aromatic rings. The third-order valence-electron chi connectivity index (χ3n) is 3.05. The van der Waals surface area contributed by atoms with Crippen LogP contribution in [0.15, 0.2) is 18.2 Å². The number of nitrogen functional groups attached to an aromatic ring is 1. The highest BCUT2D eigenvalue weighted by molar-refractivity contribution is 7.99. The Morgan fingerprint density at radius 3 is 2.76 bits per heavy atom. The predicted octanol–water partition coefficient (Wildman–Crippen LogP) is 2.20. The van der Waals surface area contributed by atoms with Crippen LogP contribution in [-0.2, 0) is 0 Å². The van der Waals surface area contributed by atoms with E-state index in [9.17, 15) is 4.79 Å². The Labute approximate surface area is 106 Å². The number of amides is 1. The first kappa shape index (κ1) is 12.3. The second kappa shape index (κ2) is 5.45. The van der Waals surface area contributed by atoms with Crippen LogP contribution in [0.3, 0.4) is 0 Å². The van der Waals surface area contributed by atoms with E-state index in [2.05, 4.69) is 5.32 Å². The van der Waals surface area contributed by atoms with Crippen molar-refractivity contribution in [2.45, 2.75) is 25.8 Å². The van der Waals surface area contributed by atoms with Crippen molar-refractivity contribution < 1.29 is 4.79 Å². The Balaban J connectivity index is 2.03. The number of benzene rings is 1. The molecule has 0 atom stereocenters. The van der Waals surface area contributed by atoms with Gasteiger partial charge >= 0.3 is 0 Å². The Morgan fingerprint density at radius 2 is 2.12 bits per heavy atom. The number of anilines is 1. The number of rotatable bonds is 2. The quantitative estimate of drug-likeness (QED) is 0.791. The maximum Gasteiger partial charge on any atom is 0.251 e. The molecule has 0 aromatic heterocycles. The molecule has 0 unspecified atom stereocenters. The molecular formula is C13H18N2OS. The minimum atomic E-state index is 0.0272. The number of thioether (sulfide) groups is 1. The van der Waals surface area contributed by atoms with E-state index in [-0.39, 0.29) is 5.91 Å². The van der Waals surface area contributed by atoms with Gasteiger partial charge in [-0.3, -0.25) is 4.79 Å². The van der Waals surface area contributed by atoms with Crippen LogP contribution >= 0.6 is 11.8 Å². The van der Waals surface area contributed by atoms with Gasteiger partial charge in [0.05, 0.1) is 0 Å². The monoisotopic (exact) mass is 250 g/mol. The van der Waals surface area contributed by atoms with Gasteiger partial charge in [-0.25, -0.2) is 0 Å². The number of nitrogens with two attached hydrogens (primary N) is 1. The van der Waals surface area contributed by atoms with Crippen LogP contribution in [0.2, 0.25) is 0 Å². The first-order valence-electron chi connectivity index (χ1n) is 5.91. The van der Waals surface area contributed by atoms with Crippen LogP contribution in [0, 0.1) is 6.92 Å². The molecule has 0 aliphatic carbocycles. The van der Waals surface area contributed by atoms with Crippen molar-refractivity contribution in [3.8, 4) is 0 Å². The average molecular weight is 250 g/mol. The number of hydrogen-bond donors (Lipinski definition) is 2. The lowest BCUT2D eigenvalue weighted by Gasteiger charge is -2.22. The number of nitrogens with one attached hydrogen (secondary N) is 1. The summed E-state index contributed by atoms with van der Waals surface area (Å²) in [5.41, 5.74) is 8.05. The highest BCUT2D eigenvalue weighted by Gasteiger charge is 2.17. The smallest absolute Gasteiger partial charge is 0.251 e. The lowest BCUT2D eigenvalue weighted by molar-refractivity contribution is 0.0934. The van der Waals surface area contributed by atoms with Crippen LogP contribution in [0.5, 0.6) is 0 Å². The molecular weight excluding hydrogens is 232 g/mol. The fraction of sp³-hybridized carbons (Fsp3) is 0.462. The molecule has 1 saturated heterocycles. The SMILES string of the molecule is Cc1cc(N)ccc1C(=O)NC1CCSCC1. The van der Waals surface area contributed by atoms with Crippen molar-refractivity contribution in [2.24, 2.45) is 0 Å². The van der Waals surface area contributed by atoms with E-state index in [4.69, 9.17) is 5.73 Å². The molecule has 1 amide bonds. The minimum Gasteiger partial charge on any atom is -0.399 e. The van der Waals surface area contributed by atoms with E-state index in [1.165, 1.54) is 0 Å². The summed E-state index contributed by atoms with van der Waals surface area (Å²) >= 11 is 1.96. The zero-order chi connectivity index (χ0) is 12.3. The van der Waals surface area contributed by atoms with Crippen molar-refractivity contribution in [3.05, 3.63) is 29.3 Å². The molecule has 92 valence electrons. The molecule has 0 spiro atoms. The van der Waals surface area contributed by atoms with Crippen molar-refractivity contribution in [1.82, 2.24) is 5.32 Å². The first-order chi connectivity index (χ1) is 8.16. The van der Waals surface area contributed by atoms with E-state index in [0.717, 1.165) is 35.5 Å². The number of carbonyl (C=O) groups is 1. The summed E-state index contributed by atoms with van der Waals surface area (Å²) in [4.78, 5) is 12.1. The molecule has 17 heavy (non-hydrogen) atoms. The summed E-state index contributed by atoms with van der Waals surface area (Å²) in [6.07, 6.45) is 2.15. The fourth-order valence-corrected chi connectivity index (χ4v) is 3.15. The van der Waals surface area contributed by atoms with Crippen molar-refractivity contribution >= 4 is 23.4 Å². The second-order valence-corrected chi connectivity index (χ2v) is 5.66. The molecule has 3 nitrogen and oxygen atoms in total. The molecule has 1 aliphatic heterocycles. The fourth-order valence-electron chi connectivity index (χ4n) is 2.05. The van der Waals surface area contributed by atoms with Gasteiger partial charge in [0.2, 0.25) is 0 Å². The highest BCUT2D eigenvalue weighted by Crippen LogP contribution is 2.18. The molecule has 0 saturated carbocycles. The van der Waals surface area contributed by atoms with Gasteiger partial charge in [-0.1, -0.05) is 0 Å². The van der Waals surface area contributed by atoms with Crippen molar-refractivity contribution in [2.75, 3.05) is 17.2 Å². The lowest BCUT2D eigenvalue weighted by atomic mass is 10.1. The Kier molecular flexibility index (Phi) is 3.94. The third-order valence-corrected chi connectivity index (χ3v) is 4.10. The van der Waals surface area contributed by atoms with Crippen molar-refractivity contribution in [3.63, 3.8) is 0 Å². The van der Waals surface area contributed by atoms with Gasteiger partial charge in [0.25, 0.3) is 5.91 Å². The number of aryl methyl sites for hydroxylation is 1. The van der Waals surface area contributed by atoms with E-state index in [0.29, 0.717) is 11.7 Å². The van der Waals surface area contributed by atoms with Gasteiger partial charge in [0, 0.05) is 17.3 Å². The number of carbonyl (C=O) groups excluding carboxylic acids is 1. The van der Waals surface area contributed by atoms with Crippen LogP contribution in [0.1, 0.15) is 28.8 Å². The summed E-state index contributed by atoms with van der Waals surface area (Å²) in [6, 6.07) is 5.75. The van der Waals surface area contributed by atoms with E-state index < -0.39 is 0 Å². The molecule has 0 radical (unpaired) electrons. The third kappa shape index (κ3) is 3.16. The molecule has 1 aliphatic rings. The van der Waals surface area contributed by atoms with Crippen LogP contribution in [0.25, 0.3) is 0 Å². The Hall–Kier alpha value is -1.16. The van der Waals surface area contributed by atoms with Gasteiger partial charge in [-0.2, -0.15) is 11.8 Å². The minimum absolute atomic E-state index is 0.0272. The maximum absolute atomic E-state index is 12.1. The first-order valence-corrected chi connectivity index (χ1v) is 7.07. The summed E-state index contributed by atoms with van der Waals surface area (Å²) in [5, 5.41) is 3.10. The lowest BCUT2D eigenvalue weighted by Crippen LogP contribution is -2.37. The largest absolute Gasteiger partial charge is 0.399 e. The average Bonchev–Trinajstić information content (AvgIpc) is 2.30. The second-order valence-electron chi connectivity index (χ2n) is 4.43. The summed E-state index contributed by atoms with van der Waals surface area (Å²) < 4.78 is 0. The normalized spacial score (nSPS) is 16.8. The van der Waals surface area contributed by atoms with Gasteiger partial charge in [-0.05, 0) is 55.0 Å². The Morgan fingerprint density at radius 1 is 1.41 bits per heavy atom. The summed E-state index contributed by atoms with van der Waals surface area (Å²) in [7, 11) is 0.